The van der Waals surface area contributed by atoms with Crippen molar-refractivity contribution >= 4 is 29.2 Å². The zero-order valence-corrected chi connectivity index (χ0v) is 21.1. The fraction of sp³-hybridized carbons (Fsp3) is 0.440. The molecule has 1 N–H and O–H groups in total. The van der Waals surface area contributed by atoms with Crippen molar-refractivity contribution in [2.45, 2.75) is 52.6 Å². The van der Waals surface area contributed by atoms with Gasteiger partial charge in [-0.15, -0.1) is 13.2 Å². The van der Waals surface area contributed by atoms with Crippen LogP contribution in [0.5, 0.6) is 5.75 Å². The number of aromatic nitrogens is 1. The SMILES string of the molecule is CCN(CC)CCC(=O)Nc1cc(N2C(=O)N(Cc3ccncc3)C(C)(C)C2=O)ccc1OC(F)(F)F. The second-order valence-corrected chi connectivity index (χ2v) is 8.98. The number of amides is 4. The molecular formula is C25H30F3N5O4. The largest absolute Gasteiger partial charge is 0.573 e. The molecule has 0 atom stereocenters. The number of carbonyl (C=O) groups excluding carboxylic acids is 3. The lowest BCUT2D eigenvalue weighted by molar-refractivity contribution is -0.274. The highest BCUT2D eigenvalue weighted by atomic mass is 19.4. The van der Waals surface area contributed by atoms with Crippen molar-refractivity contribution in [2.75, 3.05) is 29.9 Å². The van der Waals surface area contributed by atoms with Crippen molar-refractivity contribution in [1.29, 1.82) is 0 Å². The molecule has 4 amide bonds. The van der Waals surface area contributed by atoms with Gasteiger partial charge in [0.2, 0.25) is 5.91 Å². The van der Waals surface area contributed by atoms with E-state index >= 15 is 0 Å². The van der Waals surface area contributed by atoms with Gasteiger partial charge in [0.1, 0.15) is 5.54 Å². The van der Waals surface area contributed by atoms with Crippen molar-refractivity contribution in [1.82, 2.24) is 14.8 Å². The summed E-state index contributed by atoms with van der Waals surface area (Å²) in [5, 5.41) is 2.44. The molecule has 0 spiro atoms. The highest BCUT2D eigenvalue weighted by Crippen LogP contribution is 2.38. The summed E-state index contributed by atoms with van der Waals surface area (Å²) in [6.07, 6.45) is -1.84. The molecule has 1 aromatic heterocycles. The van der Waals surface area contributed by atoms with Crippen molar-refractivity contribution in [2.24, 2.45) is 0 Å². The second-order valence-electron chi connectivity index (χ2n) is 8.98. The first-order valence-electron chi connectivity index (χ1n) is 11.8. The number of nitrogens with one attached hydrogen (secondary N) is 1. The molecule has 0 radical (unpaired) electrons. The third kappa shape index (κ3) is 6.56. The first kappa shape index (κ1) is 27.9. The van der Waals surface area contributed by atoms with Gasteiger partial charge in [-0.25, -0.2) is 9.69 Å². The summed E-state index contributed by atoms with van der Waals surface area (Å²) in [5.74, 6) is -1.75. The average molecular weight is 522 g/mol. The van der Waals surface area contributed by atoms with E-state index in [1.54, 1.807) is 38.4 Å². The van der Waals surface area contributed by atoms with Crippen LogP contribution in [0.4, 0.5) is 29.3 Å². The topological polar surface area (TPSA) is 95.1 Å². The molecule has 1 aliphatic rings. The Morgan fingerprint density at radius 2 is 1.76 bits per heavy atom. The average Bonchev–Trinajstić information content (AvgIpc) is 3.00. The Labute approximate surface area is 213 Å². The molecule has 9 nitrogen and oxygen atoms in total. The zero-order chi connectivity index (χ0) is 27.4. The third-order valence-electron chi connectivity index (χ3n) is 6.18. The predicted octanol–water partition coefficient (Wildman–Crippen LogP) is 4.40. The number of anilines is 2. The summed E-state index contributed by atoms with van der Waals surface area (Å²) in [6, 6.07) is 6.07. The van der Waals surface area contributed by atoms with Gasteiger partial charge in [0.25, 0.3) is 5.91 Å². The summed E-state index contributed by atoms with van der Waals surface area (Å²) in [5.41, 5.74) is -0.769. The van der Waals surface area contributed by atoms with E-state index in [0.717, 1.165) is 22.6 Å². The zero-order valence-electron chi connectivity index (χ0n) is 21.1. The monoisotopic (exact) mass is 521 g/mol. The molecule has 200 valence electrons. The number of hydrogen-bond donors (Lipinski definition) is 1. The van der Waals surface area contributed by atoms with Gasteiger partial charge in [-0.05, 0) is 62.8 Å². The van der Waals surface area contributed by atoms with Crippen molar-refractivity contribution in [3.8, 4) is 5.75 Å². The number of rotatable bonds is 10. The molecule has 1 aromatic carbocycles. The van der Waals surface area contributed by atoms with Crippen molar-refractivity contribution < 1.29 is 32.3 Å². The van der Waals surface area contributed by atoms with Crippen LogP contribution in [0.1, 0.15) is 39.7 Å². The minimum atomic E-state index is -5.01. The quantitative estimate of drug-likeness (QED) is 0.466. The standard InChI is InChI=1S/C25H30F3N5O4/c1-5-31(6-2)14-11-21(34)30-19-15-18(7-8-20(19)37-25(26,27)28)33-22(35)24(3,4)32(23(33)36)16-17-9-12-29-13-10-17/h7-10,12-13,15H,5-6,11,14,16H2,1-4H3,(H,30,34). The number of alkyl halides is 3. The van der Waals surface area contributed by atoms with Gasteiger partial charge in [0, 0.05) is 31.9 Å². The Morgan fingerprint density at radius 3 is 2.35 bits per heavy atom. The number of nitrogens with zero attached hydrogens (tertiary/aromatic N) is 4. The number of ether oxygens (including phenoxy) is 1. The molecule has 0 bridgehead atoms. The molecule has 0 unspecified atom stereocenters. The van der Waals surface area contributed by atoms with Crippen LogP contribution in [0.3, 0.4) is 0 Å². The highest BCUT2D eigenvalue weighted by Gasteiger charge is 2.52. The molecule has 2 heterocycles. The molecule has 0 aliphatic carbocycles. The van der Waals surface area contributed by atoms with E-state index in [1.165, 1.54) is 11.0 Å². The number of pyridine rings is 1. The Morgan fingerprint density at radius 1 is 1.11 bits per heavy atom. The lowest BCUT2D eigenvalue weighted by Crippen LogP contribution is -2.43. The van der Waals surface area contributed by atoms with Gasteiger partial charge >= 0.3 is 12.4 Å². The Hall–Kier alpha value is -3.67. The minimum absolute atomic E-state index is 0.00821. The van der Waals surface area contributed by atoms with Gasteiger partial charge in [-0.2, -0.15) is 0 Å². The summed E-state index contributed by atoms with van der Waals surface area (Å²) >= 11 is 0. The van der Waals surface area contributed by atoms with E-state index < -0.39 is 35.5 Å². The van der Waals surface area contributed by atoms with Crippen LogP contribution in [0.25, 0.3) is 0 Å². The highest BCUT2D eigenvalue weighted by molar-refractivity contribution is 6.23. The molecule has 0 saturated carbocycles. The van der Waals surface area contributed by atoms with E-state index in [2.05, 4.69) is 15.0 Å². The van der Waals surface area contributed by atoms with Crippen molar-refractivity contribution in [3.05, 3.63) is 48.3 Å². The van der Waals surface area contributed by atoms with Crippen LogP contribution in [-0.2, 0) is 16.1 Å². The smallest absolute Gasteiger partial charge is 0.404 e. The minimum Gasteiger partial charge on any atom is -0.404 e. The molecule has 37 heavy (non-hydrogen) atoms. The Kier molecular flexibility index (Phi) is 8.42. The summed E-state index contributed by atoms with van der Waals surface area (Å²) in [6.45, 7) is 9.01. The number of hydrogen-bond acceptors (Lipinski definition) is 6. The molecule has 1 saturated heterocycles. The fourth-order valence-electron chi connectivity index (χ4n) is 3.98. The molecule has 1 fully saturated rings. The Bertz CT molecular complexity index is 1140. The molecular weight excluding hydrogens is 491 g/mol. The van der Waals surface area contributed by atoms with Crippen LogP contribution in [0.2, 0.25) is 0 Å². The third-order valence-corrected chi connectivity index (χ3v) is 6.18. The number of carbonyl (C=O) groups is 3. The summed E-state index contributed by atoms with van der Waals surface area (Å²) < 4.78 is 43.1. The summed E-state index contributed by atoms with van der Waals surface area (Å²) in [4.78, 5) is 47.4. The number of benzene rings is 1. The maximum absolute atomic E-state index is 13.3. The van der Waals surface area contributed by atoms with Crippen LogP contribution in [0.15, 0.2) is 42.7 Å². The molecule has 3 rings (SSSR count). The van der Waals surface area contributed by atoms with Gasteiger partial charge in [-0.3, -0.25) is 14.6 Å². The fourth-order valence-corrected chi connectivity index (χ4v) is 3.98. The van der Waals surface area contributed by atoms with Crippen LogP contribution in [0, 0.1) is 0 Å². The van der Waals surface area contributed by atoms with Crippen LogP contribution in [-0.4, -0.2) is 64.2 Å². The second kappa shape index (κ2) is 11.2. The van der Waals surface area contributed by atoms with Gasteiger partial charge in [0.15, 0.2) is 5.75 Å². The number of imide groups is 1. The molecule has 2 aromatic rings. The van der Waals surface area contributed by atoms with E-state index in [-0.39, 0.29) is 24.3 Å². The lowest BCUT2D eigenvalue weighted by atomic mass is 10.0. The lowest BCUT2D eigenvalue weighted by Gasteiger charge is -2.27. The van der Waals surface area contributed by atoms with Crippen LogP contribution >= 0.6 is 0 Å². The molecule has 12 heteroatoms. The summed E-state index contributed by atoms with van der Waals surface area (Å²) in [7, 11) is 0. The van der Waals surface area contributed by atoms with Crippen LogP contribution < -0.4 is 15.0 Å². The predicted molar refractivity (Wildman–Crippen MR) is 131 cm³/mol. The van der Waals surface area contributed by atoms with Gasteiger partial charge in [-0.1, -0.05) is 13.8 Å². The van der Waals surface area contributed by atoms with E-state index in [4.69, 9.17) is 0 Å². The maximum Gasteiger partial charge on any atom is 0.573 e. The molecule has 1 aliphatic heterocycles. The van der Waals surface area contributed by atoms with Crippen molar-refractivity contribution in [3.63, 3.8) is 0 Å². The number of urea groups is 1. The Balaban J connectivity index is 1.91. The normalized spacial score (nSPS) is 15.5. The van der Waals surface area contributed by atoms with E-state index in [1.807, 2.05) is 18.7 Å². The van der Waals surface area contributed by atoms with Gasteiger partial charge < -0.3 is 19.9 Å². The van der Waals surface area contributed by atoms with E-state index in [9.17, 15) is 27.6 Å². The van der Waals surface area contributed by atoms with E-state index in [0.29, 0.717) is 19.6 Å². The number of halogens is 3. The first-order valence-corrected chi connectivity index (χ1v) is 11.8. The first-order chi connectivity index (χ1) is 17.4. The maximum atomic E-state index is 13.3. The van der Waals surface area contributed by atoms with Gasteiger partial charge in [0.05, 0.1) is 11.4 Å².